The molecular weight excluding hydrogens is 258 g/mol. The molecule has 0 spiro atoms. The third kappa shape index (κ3) is 3.18. The van der Waals surface area contributed by atoms with E-state index in [0.29, 0.717) is 12.8 Å². The molecule has 1 N–H and O–H groups in total. The highest BCUT2D eigenvalue weighted by molar-refractivity contribution is 7.99. The molecule has 4 heteroatoms. The SMILES string of the molecule is CSC1CCCC(NCc2ccc3c(c2)OCO3)C1. The number of ether oxygens (including phenoxy) is 2. The first-order valence-electron chi connectivity index (χ1n) is 7.00. The lowest BCUT2D eigenvalue weighted by Crippen LogP contribution is -2.34. The van der Waals surface area contributed by atoms with Crippen LogP contribution in [-0.4, -0.2) is 24.3 Å². The fourth-order valence-corrected chi connectivity index (χ4v) is 3.68. The number of hydrogen-bond donors (Lipinski definition) is 1. The first kappa shape index (κ1) is 13.1. The molecule has 0 radical (unpaired) electrons. The number of benzene rings is 1. The minimum atomic E-state index is 0.351. The zero-order valence-corrected chi connectivity index (χ0v) is 12.2. The molecule has 1 aromatic carbocycles. The summed E-state index contributed by atoms with van der Waals surface area (Å²) in [5.41, 5.74) is 1.27. The van der Waals surface area contributed by atoms with Crippen LogP contribution < -0.4 is 14.8 Å². The van der Waals surface area contributed by atoms with Crippen molar-refractivity contribution in [3.8, 4) is 11.5 Å². The molecule has 0 bridgehead atoms. The van der Waals surface area contributed by atoms with Crippen molar-refractivity contribution >= 4 is 11.8 Å². The monoisotopic (exact) mass is 279 g/mol. The molecule has 0 aromatic heterocycles. The highest BCUT2D eigenvalue weighted by Crippen LogP contribution is 2.32. The molecule has 1 saturated carbocycles. The first-order valence-corrected chi connectivity index (χ1v) is 8.28. The highest BCUT2D eigenvalue weighted by Gasteiger charge is 2.21. The van der Waals surface area contributed by atoms with Crippen molar-refractivity contribution in [2.45, 2.75) is 43.5 Å². The predicted octanol–water partition coefficient (Wildman–Crippen LogP) is 3.18. The van der Waals surface area contributed by atoms with Crippen molar-refractivity contribution in [1.82, 2.24) is 5.32 Å². The van der Waals surface area contributed by atoms with Gasteiger partial charge in [-0.25, -0.2) is 0 Å². The highest BCUT2D eigenvalue weighted by atomic mass is 32.2. The lowest BCUT2D eigenvalue weighted by atomic mass is 9.95. The summed E-state index contributed by atoms with van der Waals surface area (Å²) in [6, 6.07) is 6.88. The third-order valence-corrected chi connectivity index (χ3v) is 5.09. The number of fused-ring (bicyclic) bond motifs is 1. The summed E-state index contributed by atoms with van der Waals surface area (Å²) in [5, 5.41) is 4.52. The smallest absolute Gasteiger partial charge is 0.231 e. The van der Waals surface area contributed by atoms with E-state index in [1.807, 2.05) is 17.8 Å². The average Bonchev–Trinajstić information content (AvgIpc) is 2.93. The maximum Gasteiger partial charge on any atom is 0.231 e. The van der Waals surface area contributed by atoms with Crippen molar-refractivity contribution in [1.29, 1.82) is 0 Å². The molecule has 1 aliphatic heterocycles. The van der Waals surface area contributed by atoms with Gasteiger partial charge in [0, 0.05) is 17.8 Å². The summed E-state index contributed by atoms with van der Waals surface area (Å²) >= 11 is 2.01. The van der Waals surface area contributed by atoms with Crippen molar-refractivity contribution in [2.75, 3.05) is 13.0 Å². The molecule has 2 aliphatic rings. The Bertz CT molecular complexity index is 438. The van der Waals surface area contributed by atoms with Gasteiger partial charge in [0.05, 0.1) is 0 Å². The standard InChI is InChI=1S/C15H21NO2S/c1-19-13-4-2-3-12(8-13)16-9-11-5-6-14-15(7-11)18-10-17-14/h5-7,12-13,16H,2-4,8-10H2,1H3. The van der Waals surface area contributed by atoms with E-state index in [4.69, 9.17) is 9.47 Å². The molecule has 104 valence electrons. The van der Waals surface area contributed by atoms with Gasteiger partial charge in [-0.1, -0.05) is 12.5 Å². The maximum atomic E-state index is 5.41. The Hall–Kier alpha value is -0.870. The topological polar surface area (TPSA) is 30.5 Å². The minimum Gasteiger partial charge on any atom is -0.454 e. The summed E-state index contributed by atoms with van der Waals surface area (Å²) in [6.07, 6.45) is 7.56. The Morgan fingerprint density at radius 1 is 1.26 bits per heavy atom. The zero-order valence-electron chi connectivity index (χ0n) is 11.4. The van der Waals surface area contributed by atoms with E-state index in [0.717, 1.165) is 23.3 Å². The summed E-state index contributed by atoms with van der Waals surface area (Å²) in [6.45, 7) is 1.27. The van der Waals surface area contributed by atoms with Crippen LogP contribution in [0.5, 0.6) is 11.5 Å². The van der Waals surface area contributed by atoms with E-state index in [1.54, 1.807) is 0 Å². The van der Waals surface area contributed by atoms with Crippen LogP contribution in [0.25, 0.3) is 0 Å². The van der Waals surface area contributed by atoms with Crippen LogP contribution in [0.4, 0.5) is 0 Å². The molecule has 19 heavy (non-hydrogen) atoms. The van der Waals surface area contributed by atoms with E-state index < -0.39 is 0 Å². The Kier molecular flexibility index (Phi) is 4.18. The van der Waals surface area contributed by atoms with Gasteiger partial charge in [-0.15, -0.1) is 0 Å². The van der Waals surface area contributed by atoms with Crippen LogP contribution in [0.1, 0.15) is 31.2 Å². The Morgan fingerprint density at radius 3 is 3.05 bits per heavy atom. The van der Waals surface area contributed by atoms with E-state index in [-0.39, 0.29) is 0 Å². The van der Waals surface area contributed by atoms with Gasteiger partial charge >= 0.3 is 0 Å². The van der Waals surface area contributed by atoms with Crippen molar-refractivity contribution in [3.05, 3.63) is 23.8 Å². The molecule has 0 saturated heterocycles. The molecule has 0 amide bonds. The van der Waals surface area contributed by atoms with E-state index in [9.17, 15) is 0 Å². The number of nitrogens with one attached hydrogen (secondary N) is 1. The van der Waals surface area contributed by atoms with E-state index in [1.165, 1.54) is 31.2 Å². The molecule has 2 atom stereocenters. The summed E-state index contributed by atoms with van der Waals surface area (Å²) in [7, 11) is 0. The van der Waals surface area contributed by atoms with Gasteiger partial charge in [0.1, 0.15) is 0 Å². The van der Waals surface area contributed by atoms with Crippen molar-refractivity contribution in [2.24, 2.45) is 0 Å². The molecule has 1 fully saturated rings. The first-order chi connectivity index (χ1) is 9.35. The largest absolute Gasteiger partial charge is 0.454 e. The van der Waals surface area contributed by atoms with Gasteiger partial charge in [-0.05, 0) is 43.2 Å². The number of hydrogen-bond acceptors (Lipinski definition) is 4. The molecule has 1 aromatic rings. The van der Waals surface area contributed by atoms with E-state index >= 15 is 0 Å². The summed E-state index contributed by atoms with van der Waals surface area (Å²) in [5.74, 6) is 1.74. The van der Waals surface area contributed by atoms with Crippen LogP contribution in [-0.2, 0) is 6.54 Å². The Balaban J connectivity index is 1.54. The fraction of sp³-hybridized carbons (Fsp3) is 0.600. The average molecular weight is 279 g/mol. The van der Waals surface area contributed by atoms with Crippen LogP contribution in [0.3, 0.4) is 0 Å². The number of thioether (sulfide) groups is 1. The van der Waals surface area contributed by atoms with Gasteiger partial charge in [0.2, 0.25) is 6.79 Å². The van der Waals surface area contributed by atoms with Gasteiger partial charge < -0.3 is 14.8 Å². The lowest BCUT2D eigenvalue weighted by Gasteiger charge is -2.28. The van der Waals surface area contributed by atoms with Gasteiger partial charge in [0.25, 0.3) is 0 Å². The van der Waals surface area contributed by atoms with Crippen molar-refractivity contribution < 1.29 is 9.47 Å². The maximum absolute atomic E-state index is 5.41. The second kappa shape index (κ2) is 6.06. The Morgan fingerprint density at radius 2 is 2.16 bits per heavy atom. The molecule has 1 aliphatic carbocycles. The summed E-state index contributed by atoms with van der Waals surface area (Å²) < 4.78 is 10.7. The van der Waals surface area contributed by atoms with E-state index in [2.05, 4.69) is 23.7 Å². The predicted molar refractivity (Wildman–Crippen MR) is 79.0 cm³/mol. The van der Waals surface area contributed by atoms with Gasteiger partial charge in [-0.3, -0.25) is 0 Å². The molecular formula is C15H21NO2S. The molecule has 2 unspecified atom stereocenters. The third-order valence-electron chi connectivity index (χ3n) is 3.99. The minimum absolute atomic E-state index is 0.351. The molecule has 3 rings (SSSR count). The summed E-state index contributed by atoms with van der Waals surface area (Å²) in [4.78, 5) is 0. The Labute approximate surface area is 119 Å². The second-order valence-corrected chi connectivity index (χ2v) is 6.43. The lowest BCUT2D eigenvalue weighted by molar-refractivity contribution is 0.174. The van der Waals surface area contributed by atoms with Crippen LogP contribution in [0, 0.1) is 0 Å². The normalized spacial score (nSPS) is 25.5. The second-order valence-electron chi connectivity index (χ2n) is 5.29. The van der Waals surface area contributed by atoms with Gasteiger partial charge in [0.15, 0.2) is 11.5 Å². The van der Waals surface area contributed by atoms with Crippen LogP contribution in [0.15, 0.2) is 18.2 Å². The fourth-order valence-electron chi connectivity index (χ4n) is 2.86. The van der Waals surface area contributed by atoms with Crippen LogP contribution >= 0.6 is 11.8 Å². The molecule has 1 heterocycles. The van der Waals surface area contributed by atoms with Crippen molar-refractivity contribution in [3.63, 3.8) is 0 Å². The number of rotatable bonds is 4. The van der Waals surface area contributed by atoms with Gasteiger partial charge in [-0.2, -0.15) is 11.8 Å². The quantitative estimate of drug-likeness (QED) is 0.917. The molecule has 3 nitrogen and oxygen atoms in total. The van der Waals surface area contributed by atoms with Crippen LogP contribution in [0.2, 0.25) is 0 Å². The zero-order chi connectivity index (χ0) is 13.1.